The number of nitrogens with zero attached hydrogens (tertiary/aromatic N) is 1. The maximum atomic E-state index is 5.46. The first kappa shape index (κ1) is 13.6. The summed E-state index contributed by atoms with van der Waals surface area (Å²) < 4.78 is 5.46. The van der Waals surface area contributed by atoms with Gasteiger partial charge in [-0.15, -0.1) is 0 Å². The molecule has 0 aliphatic carbocycles. The van der Waals surface area contributed by atoms with Crippen LogP contribution in [0.1, 0.15) is 29.9 Å². The Morgan fingerprint density at radius 2 is 1.89 bits per heavy atom. The molecule has 0 saturated carbocycles. The lowest BCUT2D eigenvalue weighted by Crippen LogP contribution is -2.19. The van der Waals surface area contributed by atoms with Crippen LogP contribution in [-0.2, 0) is 0 Å². The van der Waals surface area contributed by atoms with E-state index < -0.39 is 0 Å². The molecular formula is C16H20N2O. The Balaban J connectivity index is 2.26. The molecule has 1 aromatic carbocycles. The van der Waals surface area contributed by atoms with E-state index in [1.54, 1.807) is 0 Å². The van der Waals surface area contributed by atoms with Gasteiger partial charge in [-0.1, -0.05) is 18.2 Å². The standard InChI is InChI=1S/C16H20N2O/c1-4-19-14-10-8-13(9-11-14)16(17-3)15-7-5-6-12(2)18-15/h5-11,16-17H,4H2,1-3H3. The van der Waals surface area contributed by atoms with Gasteiger partial charge in [0.1, 0.15) is 5.75 Å². The molecular weight excluding hydrogens is 236 g/mol. The number of aryl methyl sites for hydroxylation is 1. The highest BCUT2D eigenvalue weighted by molar-refractivity contribution is 5.33. The second-order valence-corrected chi connectivity index (χ2v) is 4.43. The van der Waals surface area contributed by atoms with Gasteiger partial charge in [0.15, 0.2) is 0 Å². The van der Waals surface area contributed by atoms with Crippen LogP contribution in [-0.4, -0.2) is 18.6 Å². The van der Waals surface area contributed by atoms with Crippen molar-refractivity contribution in [1.82, 2.24) is 10.3 Å². The van der Waals surface area contributed by atoms with Gasteiger partial charge < -0.3 is 10.1 Å². The molecule has 100 valence electrons. The molecule has 0 amide bonds. The minimum absolute atomic E-state index is 0.107. The van der Waals surface area contributed by atoms with Gasteiger partial charge in [0, 0.05) is 5.69 Å². The molecule has 3 heteroatoms. The van der Waals surface area contributed by atoms with Crippen molar-refractivity contribution in [2.75, 3.05) is 13.7 Å². The molecule has 1 N–H and O–H groups in total. The summed E-state index contributed by atoms with van der Waals surface area (Å²) >= 11 is 0. The molecule has 0 fully saturated rings. The monoisotopic (exact) mass is 256 g/mol. The number of hydrogen-bond acceptors (Lipinski definition) is 3. The number of ether oxygens (including phenoxy) is 1. The van der Waals surface area contributed by atoms with Crippen LogP contribution in [0.25, 0.3) is 0 Å². The number of pyridine rings is 1. The molecule has 0 spiro atoms. The van der Waals surface area contributed by atoms with Gasteiger partial charge in [-0.25, -0.2) is 0 Å². The van der Waals surface area contributed by atoms with Gasteiger partial charge in [0.2, 0.25) is 0 Å². The van der Waals surface area contributed by atoms with E-state index in [-0.39, 0.29) is 6.04 Å². The summed E-state index contributed by atoms with van der Waals surface area (Å²) in [6, 6.07) is 14.4. The molecule has 1 unspecified atom stereocenters. The zero-order chi connectivity index (χ0) is 13.7. The molecule has 19 heavy (non-hydrogen) atoms. The Morgan fingerprint density at radius 1 is 1.16 bits per heavy atom. The first-order chi connectivity index (χ1) is 9.24. The van der Waals surface area contributed by atoms with Crippen LogP contribution in [0, 0.1) is 6.92 Å². The van der Waals surface area contributed by atoms with E-state index >= 15 is 0 Å². The molecule has 0 aliphatic heterocycles. The Bertz CT molecular complexity index is 523. The topological polar surface area (TPSA) is 34.1 Å². The van der Waals surface area contributed by atoms with Crippen molar-refractivity contribution in [3.05, 3.63) is 59.4 Å². The largest absolute Gasteiger partial charge is 0.494 e. The third-order valence-electron chi connectivity index (χ3n) is 3.02. The first-order valence-corrected chi connectivity index (χ1v) is 6.58. The molecule has 3 nitrogen and oxygen atoms in total. The summed E-state index contributed by atoms with van der Waals surface area (Å²) in [6.45, 7) is 4.68. The summed E-state index contributed by atoms with van der Waals surface area (Å²) in [5.41, 5.74) is 3.25. The van der Waals surface area contributed by atoms with Crippen molar-refractivity contribution in [1.29, 1.82) is 0 Å². The molecule has 1 heterocycles. The fourth-order valence-electron chi connectivity index (χ4n) is 2.13. The summed E-state index contributed by atoms with van der Waals surface area (Å²) in [4.78, 5) is 4.59. The van der Waals surface area contributed by atoms with Gasteiger partial charge in [0.05, 0.1) is 18.3 Å². The van der Waals surface area contributed by atoms with Crippen LogP contribution in [0.3, 0.4) is 0 Å². The lowest BCUT2D eigenvalue weighted by atomic mass is 10.0. The Morgan fingerprint density at radius 3 is 2.47 bits per heavy atom. The zero-order valence-electron chi connectivity index (χ0n) is 11.7. The second kappa shape index (κ2) is 6.34. The van der Waals surface area contributed by atoms with Crippen molar-refractivity contribution in [2.45, 2.75) is 19.9 Å². The Labute approximate surface area is 114 Å². The second-order valence-electron chi connectivity index (χ2n) is 4.43. The van der Waals surface area contributed by atoms with E-state index in [9.17, 15) is 0 Å². The van der Waals surface area contributed by atoms with E-state index in [0.717, 1.165) is 17.1 Å². The van der Waals surface area contributed by atoms with Crippen molar-refractivity contribution >= 4 is 0 Å². The molecule has 0 radical (unpaired) electrons. The van der Waals surface area contributed by atoms with Gasteiger partial charge in [-0.2, -0.15) is 0 Å². The third-order valence-corrected chi connectivity index (χ3v) is 3.02. The highest BCUT2D eigenvalue weighted by Gasteiger charge is 2.13. The maximum absolute atomic E-state index is 5.46. The van der Waals surface area contributed by atoms with Crippen LogP contribution < -0.4 is 10.1 Å². The smallest absolute Gasteiger partial charge is 0.119 e. The van der Waals surface area contributed by atoms with Crippen LogP contribution in [0.5, 0.6) is 5.75 Å². The van der Waals surface area contributed by atoms with E-state index in [1.165, 1.54) is 5.56 Å². The molecule has 0 saturated heterocycles. The molecule has 2 rings (SSSR count). The Hall–Kier alpha value is -1.87. The van der Waals surface area contributed by atoms with Crippen molar-refractivity contribution in [3.63, 3.8) is 0 Å². The lowest BCUT2D eigenvalue weighted by Gasteiger charge is -2.17. The van der Waals surface area contributed by atoms with E-state index in [4.69, 9.17) is 4.74 Å². The SMILES string of the molecule is CCOc1ccc(C(NC)c2cccc(C)n2)cc1. The Kier molecular flexibility index (Phi) is 4.53. The van der Waals surface area contributed by atoms with Gasteiger partial charge >= 0.3 is 0 Å². The van der Waals surface area contributed by atoms with Gasteiger partial charge in [0.25, 0.3) is 0 Å². The van der Waals surface area contributed by atoms with Gasteiger partial charge in [-0.3, -0.25) is 4.98 Å². The van der Waals surface area contributed by atoms with Crippen LogP contribution in [0.2, 0.25) is 0 Å². The minimum atomic E-state index is 0.107. The maximum Gasteiger partial charge on any atom is 0.119 e. The number of rotatable bonds is 5. The quantitative estimate of drug-likeness (QED) is 0.892. The number of hydrogen-bond donors (Lipinski definition) is 1. The number of aromatic nitrogens is 1. The van der Waals surface area contributed by atoms with Gasteiger partial charge in [-0.05, 0) is 50.7 Å². The van der Waals surface area contributed by atoms with E-state index in [0.29, 0.717) is 6.61 Å². The first-order valence-electron chi connectivity index (χ1n) is 6.58. The lowest BCUT2D eigenvalue weighted by molar-refractivity contribution is 0.340. The number of benzene rings is 1. The summed E-state index contributed by atoms with van der Waals surface area (Å²) in [6.07, 6.45) is 0. The molecule has 2 aromatic rings. The predicted molar refractivity (Wildman–Crippen MR) is 77.5 cm³/mol. The highest BCUT2D eigenvalue weighted by Crippen LogP contribution is 2.22. The fraction of sp³-hybridized carbons (Fsp3) is 0.312. The van der Waals surface area contributed by atoms with Crippen LogP contribution in [0.4, 0.5) is 0 Å². The third kappa shape index (κ3) is 3.32. The highest BCUT2D eigenvalue weighted by atomic mass is 16.5. The average Bonchev–Trinajstić information content (AvgIpc) is 2.42. The normalized spacial score (nSPS) is 12.2. The molecule has 0 bridgehead atoms. The minimum Gasteiger partial charge on any atom is -0.494 e. The summed E-state index contributed by atoms with van der Waals surface area (Å²) in [5, 5.41) is 3.31. The van der Waals surface area contributed by atoms with Crippen molar-refractivity contribution in [3.8, 4) is 5.75 Å². The molecule has 1 atom stereocenters. The molecule has 1 aromatic heterocycles. The molecule has 0 aliphatic rings. The summed E-state index contributed by atoms with van der Waals surface area (Å²) in [5.74, 6) is 0.901. The van der Waals surface area contributed by atoms with Crippen LogP contribution in [0.15, 0.2) is 42.5 Å². The van der Waals surface area contributed by atoms with Crippen LogP contribution >= 0.6 is 0 Å². The van der Waals surface area contributed by atoms with E-state index in [1.807, 2.05) is 51.2 Å². The fourth-order valence-corrected chi connectivity index (χ4v) is 2.13. The van der Waals surface area contributed by atoms with Crippen molar-refractivity contribution in [2.24, 2.45) is 0 Å². The van der Waals surface area contributed by atoms with E-state index in [2.05, 4.69) is 22.4 Å². The predicted octanol–water partition coefficient (Wildman–Crippen LogP) is 3.10. The van der Waals surface area contributed by atoms with Crippen molar-refractivity contribution < 1.29 is 4.74 Å². The average molecular weight is 256 g/mol. The number of nitrogens with one attached hydrogen (secondary N) is 1. The zero-order valence-corrected chi connectivity index (χ0v) is 11.7. The summed E-state index contributed by atoms with van der Waals surface area (Å²) in [7, 11) is 1.95.